The van der Waals surface area contributed by atoms with Gasteiger partial charge in [-0.05, 0) is 90.6 Å². The minimum Gasteiger partial charge on any atom is -0.507 e. The Hall–Kier alpha value is -2.34. The Morgan fingerprint density at radius 2 is 1.72 bits per heavy atom. The summed E-state index contributed by atoms with van der Waals surface area (Å²) in [4.78, 5) is 28.9. The fourth-order valence-electron chi connectivity index (χ4n) is 5.22. The summed E-state index contributed by atoms with van der Waals surface area (Å²) in [5.41, 5.74) is 2.09. The monoisotopic (exact) mass is 444 g/mol. The largest absolute Gasteiger partial charge is 0.507 e. The number of phenolic OH excluding ortho intramolecular Hbond substituents is 1. The Morgan fingerprint density at radius 1 is 1.19 bits per heavy atom. The molecule has 0 bridgehead atoms. The van der Waals surface area contributed by atoms with Crippen molar-refractivity contribution in [1.29, 1.82) is 0 Å². The van der Waals surface area contributed by atoms with E-state index in [1.54, 1.807) is 0 Å². The number of carbonyl (C=O) groups excluding carboxylic acids is 2. The molecule has 6 heteroatoms. The smallest absolute Gasteiger partial charge is 0.306 e. The molecular formula is C26H40N2O4. The maximum Gasteiger partial charge on any atom is 0.306 e. The summed E-state index contributed by atoms with van der Waals surface area (Å²) < 4.78 is 5.48. The highest BCUT2D eigenvalue weighted by Crippen LogP contribution is 2.40. The van der Waals surface area contributed by atoms with E-state index in [-0.39, 0.29) is 29.0 Å². The van der Waals surface area contributed by atoms with Gasteiger partial charge >= 0.3 is 5.97 Å². The van der Waals surface area contributed by atoms with Crippen molar-refractivity contribution in [3.8, 4) is 5.75 Å². The average Bonchev–Trinajstić information content (AvgIpc) is 2.68. The van der Waals surface area contributed by atoms with Crippen LogP contribution < -0.4 is 0 Å². The number of phenols is 1. The first-order valence-corrected chi connectivity index (χ1v) is 11.4. The van der Waals surface area contributed by atoms with Gasteiger partial charge in [0, 0.05) is 30.1 Å². The molecule has 1 amide bonds. The number of nitrogens with zero attached hydrogens (tertiary/aromatic N) is 2. The van der Waals surface area contributed by atoms with E-state index < -0.39 is 0 Å². The molecule has 6 nitrogen and oxygen atoms in total. The zero-order valence-electron chi connectivity index (χ0n) is 20.8. The van der Waals surface area contributed by atoms with Crippen molar-refractivity contribution in [3.05, 3.63) is 41.5 Å². The number of carbonyl (C=O) groups is 2. The first-order valence-electron chi connectivity index (χ1n) is 11.4. The summed E-state index contributed by atoms with van der Waals surface area (Å²) in [6.45, 7) is 16.8. The number of amides is 1. The molecule has 0 aliphatic carbocycles. The molecule has 1 aliphatic rings. The number of piperidine rings is 1. The lowest BCUT2D eigenvalue weighted by Crippen LogP contribution is -2.65. The summed E-state index contributed by atoms with van der Waals surface area (Å²) >= 11 is 0. The first-order chi connectivity index (χ1) is 14.8. The van der Waals surface area contributed by atoms with Crippen LogP contribution in [0, 0.1) is 13.8 Å². The highest BCUT2D eigenvalue weighted by molar-refractivity contribution is 5.88. The number of aryl methyl sites for hydroxylation is 3. The Labute approximate surface area is 193 Å². The van der Waals surface area contributed by atoms with E-state index in [1.165, 1.54) is 6.08 Å². The van der Waals surface area contributed by atoms with E-state index >= 15 is 0 Å². The van der Waals surface area contributed by atoms with Crippen LogP contribution >= 0.6 is 0 Å². The SMILES string of the molecule is C=CC(=O)N1C(C)(C)CC(N(C)CCOC(=O)CCc2cc(C)c(O)c(C)c2)CC1(C)C. The molecule has 32 heavy (non-hydrogen) atoms. The normalized spacial score (nSPS) is 17.9. The lowest BCUT2D eigenvalue weighted by Gasteiger charge is -2.56. The number of hydrogen-bond donors (Lipinski definition) is 1. The van der Waals surface area contributed by atoms with Crippen molar-refractivity contribution in [2.24, 2.45) is 0 Å². The van der Waals surface area contributed by atoms with Gasteiger partial charge in [0.2, 0.25) is 5.91 Å². The van der Waals surface area contributed by atoms with Gasteiger partial charge in [0.1, 0.15) is 12.4 Å². The van der Waals surface area contributed by atoms with E-state index in [0.29, 0.717) is 31.7 Å². The minimum absolute atomic E-state index is 0.0333. The minimum atomic E-state index is -0.289. The Morgan fingerprint density at radius 3 is 2.22 bits per heavy atom. The second kappa shape index (κ2) is 10.1. The van der Waals surface area contributed by atoms with E-state index in [4.69, 9.17) is 4.74 Å². The predicted octanol–water partition coefficient (Wildman–Crippen LogP) is 4.15. The predicted molar refractivity (Wildman–Crippen MR) is 128 cm³/mol. The zero-order chi connectivity index (χ0) is 24.3. The fraction of sp³-hybridized carbons (Fsp3) is 0.615. The molecule has 0 spiro atoms. The molecule has 1 heterocycles. The Kier molecular flexibility index (Phi) is 8.16. The number of likely N-dealkylation sites (tertiary alicyclic amines) is 1. The molecule has 1 N–H and O–H groups in total. The highest BCUT2D eigenvalue weighted by Gasteiger charge is 2.47. The molecule has 2 rings (SSSR count). The van der Waals surface area contributed by atoms with Gasteiger partial charge in [-0.1, -0.05) is 18.7 Å². The van der Waals surface area contributed by atoms with E-state index in [1.807, 2.05) is 30.9 Å². The van der Waals surface area contributed by atoms with Crippen LogP contribution in [0.15, 0.2) is 24.8 Å². The van der Waals surface area contributed by atoms with Crippen molar-refractivity contribution in [3.63, 3.8) is 0 Å². The lowest BCUT2D eigenvalue weighted by atomic mass is 9.76. The molecule has 1 fully saturated rings. The summed E-state index contributed by atoms with van der Waals surface area (Å²) in [6.07, 6.45) is 4.00. The van der Waals surface area contributed by atoms with Crippen molar-refractivity contribution in [2.75, 3.05) is 20.2 Å². The Balaban J connectivity index is 1.85. The summed E-state index contributed by atoms with van der Waals surface area (Å²) in [5.74, 6) is 0.0632. The average molecular weight is 445 g/mol. The highest BCUT2D eigenvalue weighted by atomic mass is 16.5. The van der Waals surface area contributed by atoms with E-state index in [0.717, 1.165) is 29.5 Å². The van der Waals surface area contributed by atoms with Gasteiger partial charge in [-0.25, -0.2) is 0 Å². The van der Waals surface area contributed by atoms with Crippen LogP contribution in [0.5, 0.6) is 5.75 Å². The zero-order valence-corrected chi connectivity index (χ0v) is 20.8. The molecule has 1 aromatic carbocycles. The molecule has 0 aromatic heterocycles. The van der Waals surface area contributed by atoms with Crippen LogP contribution in [-0.2, 0) is 20.7 Å². The maximum absolute atomic E-state index is 12.5. The molecule has 0 radical (unpaired) electrons. The lowest BCUT2D eigenvalue weighted by molar-refractivity contribution is -0.149. The van der Waals surface area contributed by atoms with Gasteiger partial charge in [0.05, 0.1) is 0 Å². The van der Waals surface area contributed by atoms with Crippen LogP contribution in [0.4, 0.5) is 0 Å². The van der Waals surface area contributed by atoms with Crippen molar-refractivity contribution in [2.45, 2.75) is 84.3 Å². The number of likely N-dealkylation sites (N-methyl/N-ethyl adjacent to an activating group) is 1. The van der Waals surface area contributed by atoms with Crippen LogP contribution in [0.25, 0.3) is 0 Å². The number of hydrogen-bond acceptors (Lipinski definition) is 5. The molecule has 1 saturated heterocycles. The number of benzene rings is 1. The topological polar surface area (TPSA) is 70.1 Å². The van der Waals surface area contributed by atoms with Crippen LogP contribution in [-0.4, -0.2) is 64.1 Å². The first kappa shape index (κ1) is 25.9. The standard InChI is InChI=1S/C26H40N2O4/c1-9-22(29)28-25(4,5)16-21(17-26(28,6)7)27(8)12-13-32-23(30)11-10-20-14-18(2)24(31)19(3)15-20/h9,14-15,21,31H,1,10-13,16-17H2,2-8H3. The third kappa shape index (κ3) is 6.12. The number of rotatable bonds is 8. The molecular weight excluding hydrogens is 404 g/mol. The molecule has 1 aliphatic heterocycles. The van der Waals surface area contributed by atoms with Crippen LogP contribution in [0.2, 0.25) is 0 Å². The van der Waals surface area contributed by atoms with Crippen molar-refractivity contribution >= 4 is 11.9 Å². The van der Waals surface area contributed by atoms with Gasteiger partial charge in [-0.15, -0.1) is 0 Å². The summed E-state index contributed by atoms with van der Waals surface area (Å²) in [7, 11) is 2.05. The van der Waals surface area contributed by atoms with E-state index in [9.17, 15) is 14.7 Å². The Bertz CT molecular complexity index is 818. The molecule has 1 aromatic rings. The van der Waals surface area contributed by atoms with Gasteiger partial charge < -0.3 is 14.7 Å². The van der Waals surface area contributed by atoms with Gasteiger partial charge in [-0.2, -0.15) is 0 Å². The third-order valence-corrected chi connectivity index (χ3v) is 6.58. The molecule has 0 unspecified atom stereocenters. The summed E-state index contributed by atoms with van der Waals surface area (Å²) in [6, 6.07) is 4.11. The molecule has 178 valence electrons. The van der Waals surface area contributed by atoms with E-state index in [2.05, 4.69) is 46.2 Å². The summed E-state index contributed by atoms with van der Waals surface area (Å²) in [5, 5.41) is 9.88. The van der Waals surface area contributed by atoms with Gasteiger partial charge in [-0.3, -0.25) is 14.5 Å². The number of aromatic hydroxyl groups is 1. The number of ether oxygens (including phenoxy) is 1. The second-order valence-electron chi connectivity index (χ2n) is 10.3. The maximum atomic E-state index is 12.5. The van der Waals surface area contributed by atoms with Crippen LogP contribution in [0.3, 0.4) is 0 Å². The second-order valence-corrected chi connectivity index (χ2v) is 10.3. The van der Waals surface area contributed by atoms with Crippen molar-refractivity contribution in [1.82, 2.24) is 9.80 Å². The van der Waals surface area contributed by atoms with Gasteiger partial charge in [0.25, 0.3) is 0 Å². The fourth-order valence-corrected chi connectivity index (χ4v) is 5.22. The van der Waals surface area contributed by atoms with Crippen LogP contribution in [0.1, 0.15) is 63.6 Å². The number of esters is 1. The quantitative estimate of drug-likeness (QED) is 0.482. The molecule has 0 atom stereocenters. The van der Waals surface area contributed by atoms with Gasteiger partial charge in [0.15, 0.2) is 0 Å². The van der Waals surface area contributed by atoms with Crippen molar-refractivity contribution < 1.29 is 19.4 Å². The third-order valence-electron chi connectivity index (χ3n) is 6.58. The molecule has 0 saturated carbocycles.